The standard InChI is InChI=1S/C17H23N3O/c1-13-8-10-15(11-9-13)18-12-16-19-17(20-21-16)14-6-4-2-3-5-7-14/h8-11,14,18H,2-7,12H2,1H3. The van der Waals surface area contributed by atoms with Crippen LogP contribution in [0, 0.1) is 6.92 Å². The van der Waals surface area contributed by atoms with Crippen molar-refractivity contribution in [3.8, 4) is 0 Å². The van der Waals surface area contributed by atoms with Gasteiger partial charge in [-0.05, 0) is 31.9 Å². The van der Waals surface area contributed by atoms with Gasteiger partial charge in [0.05, 0.1) is 6.54 Å². The van der Waals surface area contributed by atoms with E-state index in [2.05, 4.69) is 46.6 Å². The topological polar surface area (TPSA) is 51.0 Å². The van der Waals surface area contributed by atoms with Crippen LogP contribution in [0.1, 0.15) is 61.7 Å². The van der Waals surface area contributed by atoms with Crippen molar-refractivity contribution >= 4 is 5.69 Å². The summed E-state index contributed by atoms with van der Waals surface area (Å²) in [5, 5.41) is 7.50. The van der Waals surface area contributed by atoms with Crippen LogP contribution in [0.4, 0.5) is 5.69 Å². The van der Waals surface area contributed by atoms with E-state index in [9.17, 15) is 0 Å². The Morgan fingerprint density at radius 3 is 2.52 bits per heavy atom. The molecule has 0 radical (unpaired) electrons. The van der Waals surface area contributed by atoms with Crippen LogP contribution in [-0.4, -0.2) is 10.1 Å². The van der Waals surface area contributed by atoms with Crippen molar-refractivity contribution in [2.45, 2.75) is 57.9 Å². The van der Waals surface area contributed by atoms with Crippen LogP contribution in [0.25, 0.3) is 0 Å². The maximum absolute atomic E-state index is 5.38. The Kier molecular flexibility index (Phi) is 4.53. The summed E-state index contributed by atoms with van der Waals surface area (Å²) >= 11 is 0. The zero-order valence-electron chi connectivity index (χ0n) is 12.6. The van der Waals surface area contributed by atoms with Gasteiger partial charge in [0.1, 0.15) is 0 Å². The molecule has 0 bridgehead atoms. The first-order chi connectivity index (χ1) is 10.3. The SMILES string of the molecule is Cc1ccc(NCc2nc(C3CCCCCC3)no2)cc1. The largest absolute Gasteiger partial charge is 0.376 e. The lowest BCUT2D eigenvalue weighted by Crippen LogP contribution is -2.02. The Morgan fingerprint density at radius 2 is 1.81 bits per heavy atom. The van der Waals surface area contributed by atoms with Crippen molar-refractivity contribution in [3.05, 3.63) is 41.5 Å². The molecular weight excluding hydrogens is 262 g/mol. The summed E-state index contributed by atoms with van der Waals surface area (Å²) in [6.45, 7) is 2.67. The predicted molar refractivity (Wildman–Crippen MR) is 83.2 cm³/mol. The second-order valence-electron chi connectivity index (χ2n) is 5.95. The van der Waals surface area contributed by atoms with E-state index in [1.807, 2.05) is 0 Å². The number of hydrogen-bond acceptors (Lipinski definition) is 4. The lowest BCUT2D eigenvalue weighted by atomic mass is 10.00. The molecule has 1 aliphatic carbocycles. The molecule has 0 unspecified atom stereocenters. The monoisotopic (exact) mass is 285 g/mol. The highest BCUT2D eigenvalue weighted by molar-refractivity contribution is 5.44. The normalized spacial score (nSPS) is 16.6. The zero-order valence-corrected chi connectivity index (χ0v) is 12.6. The first-order valence-electron chi connectivity index (χ1n) is 7.94. The van der Waals surface area contributed by atoms with Gasteiger partial charge in [0.25, 0.3) is 0 Å². The fraction of sp³-hybridized carbons (Fsp3) is 0.529. The average molecular weight is 285 g/mol. The van der Waals surface area contributed by atoms with Gasteiger partial charge >= 0.3 is 0 Å². The number of nitrogens with zero attached hydrogens (tertiary/aromatic N) is 2. The van der Waals surface area contributed by atoms with Gasteiger partial charge in [-0.3, -0.25) is 0 Å². The highest BCUT2D eigenvalue weighted by Crippen LogP contribution is 2.29. The van der Waals surface area contributed by atoms with Crippen LogP contribution in [0.15, 0.2) is 28.8 Å². The second kappa shape index (κ2) is 6.74. The molecule has 112 valence electrons. The van der Waals surface area contributed by atoms with Gasteiger partial charge in [-0.15, -0.1) is 0 Å². The molecular formula is C17H23N3O. The lowest BCUT2D eigenvalue weighted by Gasteiger charge is -2.07. The molecule has 0 amide bonds. The van der Waals surface area contributed by atoms with E-state index in [0.717, 1.165) is 11.5 Å². The van der Waals surface area contributed by atoms with Crippen LogP contribution in [0.2, 0.25) is 0 Å². The molecule has 1 saturated carbocycles. The van der Waals surface area contributed by atoms with Crippen molar-refractivity contribution in [2.24, 2.45) is 0 Å². The van der Waals surface area contributed by atoms with Crippen LogP contribution in [0.3, 0.4) is 0 Å². The van der Waals surface area contributed by atoms with Crippen molar-refractivity contribution in [1.29, 1.82) is 0 Å². The minimum absolute atomic E-state index is 0.490. The van der Waals surface area contributed by atoms with Gasteiger partial charge in [0.15, 0.2) is 5.82 Å². The van der Waals surface area contributed by atoms with Crippen LogP contribution >= 0.6 is 0 Å². The van der Waals surface area contributed by atoms with E-state index in [4.69, 9.17) is 4.52 Å². The number of rotatable bonds is 4. The Balaban J connectivity index is 1.58. The summed E-state index contributed by atoms with van der Waals surface area (Å²) in [5.41, 5.74) is 2.34. The first-order valence-corrected chi connectivity index (χ1v) is 7.94. The van der Waals surface area contributed by atoms with Crippen molar-refractivity contribution in [2.75, 3.05) is 5.32 Å². The van der Waals surface area contributed by atoms with E-state index < -0.39 is 0 Å². The number of aromatic nitrogens is 2. The number of anilines is 1. The van der Waals surface area contributed by atoms with Crippen LogP contribution < -0.4 is 5.32 Å². The highest BCUT2D eigenvalue weighted by atomic mass is 16.5. The molecule has 4 nitrogen and oxygen atoms in total. The van der Waals surface area contributed by atoms with Gasteiger partial charge in [-0.25, -0.2) is 0 Å². The summed E-state index contributed by atoms with van der Waals surface area (Å²) < 4.78 is 5.38. The first kappa shape index (κ1) is 14.1. The van der Waals surface area contributed by atoms with E-state index in [0.29, 0.717) is 18.4 Å². The van der Waals surface area contributed by atoms with E-state index >= 15 is 0 Å². The van der Waals surface area contributed by atoms with Crippen molar-refractivity contribution in [1.82, 2.24) is 10.1 Å². The molecule has 1 N–H and O–H groups in total. The summed E-state index contributed by atoms with van der Waals surface area (Å²) in [6.07, 6.45) is 7.66. The predicted octanol–water partition coefficient (Wildman–Crippen LogP) is 4.43. The Labute approximate surface area is 126 Å². The number of hydrogen-bond donors (Lipinski definition) is 1. The summed E-state index contributed by atoms with van der Waals surface area (Å²) in [6, 6.07) is 8.32. The Bertz CT molecular complexity index is 554. The Morgan fingerprint density at radius 1 is 1.10 bits per heavy atom. The molecule has 4 heteroatoms. The minimum Gasteiger partial charge on any atom is -0.376 e. The molecule has 1 aliphatic rings. The molecule has 3 rings (SSSR count). The van der Waals surface area contributed by atoms with Gasteiger partial charge < -0.3 is 9.84 Å². The zero-order chi connectivity index (χ0) is 14.5. The summed E-state index contributed by atoms with van der Waals surface area (Å²) in [5.74, 6) is 2.07. The molecule has 2 aromatic rings. The number of benzene rings is 1. The smallest absolute Gasteiger partial charge is 0.245 e. The molecule has 21 heavy (non-hydrogen) atoms. The van der Waals surface area contributed by atoms with Gasteiger partial charge in [0, 0.05) is 11.6 Å². The molecule has 1 fully saturated rings. The fourth-order valence-corrected chi connectivity index (χ4v) is 2.89. The average Bonchev–Trinajstić information content (AvgIpc) is 2.80. The van der Waals surface area contributed by atoms with Crippen LogP contribution in [0.5, 0.6) is 0 Å². The quantitative estimate of drug-likeness (QED) is 0.844. The second-order valence-corrected chi connectivity index (χ2v) is 5.95. The van der Waals surface area contributed by atoms with Crippen LogP contribution in [-0.2, 0) is 6.54 Å². The van der Waals surface area contributed by atoms with E-state index in [-0.39, 0.29) is 0 Å². The Hall–Kier alpha value is -1.84. The molecule has 0 spiro atoms. The van der Waals surface area contributed by atoms with Gasteiger partial charge in [-0.2, -0.15) is 4.98 Å². The molecule has 0 aliphatic heterocycles. The van der Waals surface area contributed by atoms with E-state index in [1.54, 1.807) is 0 Å². The maximum atomic E-state index is 5.38. The third kappa shape index (κ3) is 3.84. The maximum Gasteiger partial charge on any atom is 0.245 e. The van der Waals surface area contributed by atoms with Gasteiger partial charge in [-0.1, -0.05) is 48.5 Å². The van der Waals surface area contributed by atoms with Crippen molar-refractivity contribution < 1.29 is 4.52 Å². The highest BCUT2D eigenvalue weighted by Gasteiger charge is 2.19. The lowest BCUT2D eigenvalue weighted by molar-refractivity contribution is 0.371. The molecule has 1 aromatic heterocycles. The molecule has 1 aromatic carbocycles. The fourth-order valence-electron chi connectivity index (χ4n) is 2.89. The summed E-state index contributed by atoms with van der Waals surface area (Å²) in [7, 11) is 0. The third-order valence-electron chi connectivity index (χ3n) is 4.20. The van der Waals surface area contributed by atoms with Gasteiger partial charge in [0.2, 0.25) is 5.89 Å². The number of aryl methyl sites for hydroxylation is 1. The van der Waals surface area contributed by atoms with E-state index in [1.165, 1.54) is 44.1 Å². The molecule has 1 heterocycles. The van der Waals surface area contributed by atoms with Crippen molar-refractivity contribution in [3.63, 3.8) is 0 Å². The molecule has 0 atom stereocenters. The number of nitrogens with one attached hydrogen (secondary N) is 1. The third-order valence-corrected chi connectivity index (χ3v) is 4.20. The molecule has 0 saturated heterocycles. The summed E-state index contributed by atoms with van der Waals surface area (Å²) in [4.78, 5) is 4.57. The minimum atomic E-state index is 0.490.